The number of rotatable bonds is 49. The Hall–Kier alpha value is -18.2. The van der Waals surface area contributed by atoms with Crippen LogP contribution in [0.3, 0.4) is 0 Å². The van der Waals surface area contributed by atoms with Crippen LogP contribution in [0.15, 0.2) is 98.7 Å². The van der Waals surface area contributed by atoms with Crippen molar-refractivity contribution in [1.82, 2.24) is 173 Å². The van der Waals surface area contributed by atoms with Crippen LogP contribution in [0.25, 0.3) is 44.7 Å². The maximum atomic E-state index is 14.5. The Morgan fingerprint density at radius 1 is 0.317 bits per heavy atom. The summed E-state index contributed by atoms with van der Waals surface area (Å²) < 4.78 is 7.78. The van der Waals surface area contributed by atoms with Gasteiger partial charge in [0.15, 0.2) is 51.0 Å². The summed E-state index contributed by atoms with van der Waals surface area (Å²) in [5, 5.41) is 15.6. The third-order valence-electron chi connectivity index (χ3n) is 20.8. The van der Waals surface area contributed by atoms with Crippen LogP contribution in [-0.4, -0.2) is 361 Å². The molecule has 62 nitrogen and oxygen atoms in total. The Bertz CT molecular complexity index is 6790. The van der Waals surface area contributed by atoms with E-state index in [0.717, 1.165) is 68.3 Å². The number of fused-ring (bicyclic) bond motifs is 4. The highest BCUT2D eigenvalue weighted by Crippen LogP contribution is 2.18. The van der Waals surface area contributed by atoms with Gasteiger partial charge in [0, 0.05) is 116 Å². The van der Waals surface area contributed by atoms with Gasteiger partial charge in [-0.15, -0.1) is 0 Å². The first kappa shape index (κ1) is 101. The molecule has 0 bridgehead atoms. The molecule has 0 unspecified atom stereocenters. The maximum Gasteiger partial charge on any atom is 0.349 e. The van der Waals surface area contributed by atoms with E-state index >= 15 is 0 Å². The molecular weight excluding hydrogens is 1830 g/mol. The molecule has 0 spiro atoms. The van der Waals surface area contributed by atoms with Gasteiger partial charge in [-0.2, -0.15) is 24.9 Å². The molecule has 11 aromatic rings. The molecule has 0 radical (unpaired) electrons. The first-order valence-corrected chi connectivity index (χ1v) is 42.4. The number of hydrogen-bond donors (Lipinski definition) is 16. The number of nitrogen functional groups attached to an aromatic ring is 7. The Morgan fingerprint density at radius 2 is 0.561 bits per heavy atom. The van der Waals surface area contributed by atoms with Gasteiger partial charge in [0.1, 0.15) is 87.0 Å². The Labute approximate surface area is 781 Å². The third-order valence-corrected chi connectivity index (χ3v) is 20.8. The molecule has 0 aromatic carbocycles. The van der Waals surface area contributed by atoms with Crippen molar-refractivity contribution in [1.29, 1.82) is 0 Å². The number of amides is 13. The number of anilines is 7. The van der Waals surface area contributed by atoms with Crippen LogP contribution in [0.5, 0.6) is 0 Å². The highest BCUT2D eigenvalue weighted by Gasteiger charge is 2.30. The average molecular weight is 1930 g/mol. The summed E-state index contributed by atoms with van der Waals surface area (Å²) in [6.07, 6.45) is 10.6. The van der Waals surface area contributed by atoms with Gasteiger partial charge in [-0.1, -0.05) is 13.8 Å². The van der Waals surface area contributed by atoms with Crippen LogP contribution in [-0.2, 0) is 113 Å². The number of imidazole rings is 4. The van der Waals surface area contributed by atoms with Crippen LogP contribution in [0.4, 0.5) is 41.0 Å². The van der Waals surface area contributed by atoms with Crippen molar-refractivity contribution >= 4 is 168 Å². The molecule has 0 saturated carbocycles. The van der Waals surface area contributed by atoms with Crippen molar-refractivity contribution in [3.05, 3.63) is 127 Å². The first-order chi connectivity index (χ1) is 66.3. The maximum absolute atomic E-state index is 14.5. The van der Waals surface area contributed by atoms with Crippen LogP contribution >= 0.6 is 0 Å². The second-order valence-electron chi connectivity index (χ2n) is 31.1. The van der Waals surface area contributed by atoms with Crippen molar-refractivity contribution in [2.75, 3.05) is 178 Å². The largest absolute Gasteiger partial charge is 0.383 e. The summed E-state index contributed by atoms with van der Waals surface area (Å²) in [5.74, 6) is -12.4. The monoisotopic (exact) mass is 1930 g/mol. The molecule has 0 fully saturated rings. The number of nitrogens with two attached hydrogens (primary N) is 8. The lowest BCUT2D eigenvalue weighted by molar-refractivity contribution is -0.138. The molecule has 0 aliphatic carbocycles. The summed E-state index contributed by atoms with van der Waals surface area (Å²) in [6, 6.07) is 3.74. The SMILES string of the molecule is CC(C)C(=O)CN(CCNC(=O)CN(CCNC(=O)CN(CCNC(=O)CN(CCNC(=O)CN(CCNC(=O)CN(CCNC(=O)CN(CCN)C(=O)Cn1ccc(N)nc1=O)C(=O)Cn1cnc2c(=O)[nH]c(N)nc21)C(=O)Cn1ccc(N)nc1=O)C(=O)Cn1cnc2c(N)ncnc21)C(=O)Cn1ccc(N)nc1=O)C(=O)Cn1cnc2c(N)ncnc21)C(=O)Cn1cnc2c(=O)[nH]c(N)nc21. The van der Waals surface area contributed by atoms with E-state index < -0.39 is 242 Å². The number of aromatic nitrogens is 22. The molecule has 13 amide bonds. The van der Waals surface area contributed by atoms with Crippen molar-refractivity contribution in [3.8, 4) is 0 Å². The number of nitrogens with one attached hydrogen (secondary N) is 8. The fourth-order valence-corrected chi connectivity index (χ4v) is 13.5. The fraction of sp³-hybridized carbons (Fsp3) is 0.403. The predicted octanol–water partition coefficient (Wildman–Crippen LogP) is -13.5. The van der Waals surface area contributed by atoms with E-state index in [1.165, 1.54) is 72.7 Å². The molecule has 24 N–H and O–H groups in total. The van der Waals surface area contributed by atoms with Gasteiger partial charge in [0.2, 0.25) is 88.7 Å². The van der Waals surface area contributed by atoms with Crippen molar-refractivity contribution in [2.45, 2.75) is 59.7 Å². The van der Waals surface area contributed by atoms with E-state index in [4.69, 9.17) is 45.9 Å². The Balaban J connectivity index is 0.742. The Morgan fingerprint density at radius 3 is 0.820 bits per heavy atom. The topological polar surface area (TPSA) is 861 Å². The number of ketones is 1. The van der Waals surface area contributed by atoms with Gasteiger partial charge in [-0.05, 0) is 18.2 Å². The molecule has 11 aromatic heterocycles. The molecule has 736 valence electrons. The van der Waals surface area contributed by atoms with Gasteiger partial charge in [-0.3, -0.25) is 100 Å². The summed E-state index contributed by atoms with van der Waals surface area (Å²) in [7, 11) is 0. The fourth-order valence-electron chi connectivity index (χ4n) is 13.5. The van der Waals surface area contributed by atoms with E-state index in [1.54, 1.807) is 13.8 Å². The van der Waals surface area contributed by atoms with Crippen LogP contribution in [0.1, 0.15) is 13.8 Å². The third kappa shape index (κ3) is 28.0. The van der Waals surface area contributed by atoms with E-state index in [0.29, 0.717) is 0 Å². The van der Waals surface area contributed by atoms with E-state index in [2.05, 4.69) is 107 Å². The highest BCUT2D eigenvalue weighted by atomic mass is 16.2. The number of Topliss-reactive ketones (excluding diaryl/α,β-unsaturated/α-hetero) is 1. The van der Waals surface area contributed by atoms with Gasteiger partial charge in [0.05, 0.1) is 71.1 Å². The molecule has 0 saturated heterocycles. The zero-order valence-electron chi connectivity index (χ0n) is 74.8. The zero-order valence-corrected chi connectivity index (χ0v) is 74.8. The molecule has 139 heavy (non-hydrogen) atoms. The lowest BCUT2D eigenvalue weighted by atomic mass is 10.1. The Kier molecular flexibility index (Phi) is 34.2. The second kappa shape index (κ2) is 46.9. The summed E-state index contributed by atoms with van der Waals surface area (Å²) in [5.41, 5.74) is 42.4. The van der Waals surface area contributed by atoms with E-state index in [9.17, 15) is 91.1 Å². The van der Waals surface area contributed by atoms with Crippen molar-refractivity contribution < 1.29 is 67.1 Å². The van der Waals surface area contributed by atoms with E-state index in [1.807, 2.05) is 0 Å². The second-order valence-corrected chi connectivity index (χ2v) is 31.1. The summed E-state index contributed by atoms with van der Waals surface area (Å²) >= 11 is 0. The van der Waals surface area contributed by atoms with E-state index in [-0.39, 0.29) is 144 Å². The van der Waals surface area contributed by atoms with Crippen LogP contribution in [0.2, 0.25) is 0 Å². The smallest absolute Gasteiger partial charge is 0.349 e. The molecular formula is C77H99N43O19. The first-order valence-electron chi connectivity index (χ1n) is 42.4. The lowest BCUT2D eigenvalue weighted by Gasteiger charge is -2.26. The predicted molar refractivity (Wildman–Crippen MR) is 486 cm³/mol. The van der Waals surface area contributed by atoms with Crippen molar-refractivity contribution in [2.24, 2.45) is 11.7 Å². The average Bonchev–Trinajstić information content (AvgIpc) is 1.65. The normalized spacial score (nSPS) is 11.2. The summed E-state index contributed by atoms with van der Waals surface area (Å²) in [4.78, 5) is 323. The van der Waals surface area contributed by atoms with Gasteiger partial charge in [-0.25, -0.2) is 54.3 Å². The van der Waals surface area contributed by atoms with Crippen LogP contribution < -0.4 is 106 Å². The standard InChI is InChI=1S/C77H99N43O19/c1-43(2)44(121)23-108(57(131)35-119-41-98-63-69(119)103-73(84)105-71(63)135)17-7-86-51(125)27-111(58(132)33-117-39-96-61-65(82)92-37-94-67(61)117)20-11-90-49(123)25-109(55(129)31-115-14-4-46(80)101-76(115)138)18-8-88-52(126)28-112(59(133)34-118-40-97-62-66(83)93-38-95-68(62)118)21-12-91-50(124)26-110(56(130)32-116-15-5-47(81)102-77(116)139)19-9-89-53(127)29-113(60(134)36-120-42-99-64-70(120)104-74(85)106-72(64)136)22-10-87-48(122)24-107(16-6-78)54(128)30-114-13-3-45(79)100-75(114)137/h3-5,13-15,37-43H,6-12,16-36,78H2,1-2H3,(H,86,125)(H,87,122)(H,88,126)(H,89,127)(H,90,123)(H,91,124)(H2,79,100,137)(H2,80,101,138)(H2,81,102,139)(H2,82,92,94)(H2,83,93,95)(H3,84,103,105,135)(H3,85,104,106,136). The molecule has 11 heterocycles. The molecule has 62 heteroatoms. The lowest BCUT2D eigenvalue weighted by Crippen LogP contribution is -2.50. The number of nitrogens with zero attached hydrogens (tertiary/aromatic N) is 27. The van der Waals surface area contributed by atoms with Gasteiger partial charge in [0.25, 0.3) is 11.1 Å². The highest BCUT2D eigenvalue weighted by molar-refractivity contribution is 5.92. The number of aromatic amines is 2. The number of carbonyl (C=O) groups excluding carboxylic acids is 14. The quantitative estimate of drug-likeness (QED) is 0.0168. The van der Waals surface area contributed by atoms with Gasteiger partial charge >= 0.3 is 17.1 Å². The number of carbonyl (C=O) groups is 14. The minimum Gasteiger partial charge on any atom is -0.383 e. The van der Waals surface area contributed by atoms with Gasteiger partial charge < -0.3 is 130 Å². The number of H-pyrrole nitrogens is 2. The minimum atomic E-state index is -0.960. The van der Waals surface area contributed by atoms with Crippen LogP contribution in [0, 0.1) is 5.92 Å². The minimum absolute atomic E-state index is 0.00325. The number of hydrogen-bond acceptors (Lipinski definition) is 40. The molecule has 0 atom stereocenters. The zero-order chi connectivity index (χ0) is 100. The van der Waals surface area contributed by atoms with Crippen molar-refractivity contribution in [3.63, 3.8) is 0 Å². The molecule has 11 rings (SSSR count). The summed E-state index contributed by atoms with van der Waals surface area (Å²) in [6.45, 7) is -10.6. The molecule has 0 aliphatic rings. The molecule has 0 aliphatic heterocycles.